The summed E-state index contributed by atoms with van der Waals surface area (Å²) < 4.78 is 12.9. The van der Waals surface area contributed by atoms with E-state index in [1.165, 1.54) is 12.1 Å². The zero-order chi connectivity index (χ0) is 13.8. The molecule has 1 N–H and O–H groups in total. The molecule has 2 rings (SSSR count). The molecular weight excluding hydrogens is 245 g/mol. The number of aliphatic hydroxyl groups is 1. The van der Waals surface area contributed by atoms with Crippen molar-refractivity contribution in [3.05, 3.63) is 35.6 Å². The summed E-state index contributed by atoms with van der Waals surface area (Å²) in [4.78, 5) is 14.4. The van der Waals surface area contributed by atoms with E-state index in [0.29, 0.717) is 11.6 Å². The fourth-order valence-electron chi connectivity index (χ4n) is 2.32. The number of rotatable bonds is 6. The molecule has 1 aliphatic carbocycles. The van der Waals surface area contributed by atoms with Crippen LogP contribution < -0.4 is 0 Å². The topological polar surface area (TPSA) is 40.5 Å². The van der Waals surface area contributed by atoms with Gasteiger partial charge in [-0.15, -0.1) is 0 Å². The first-order valence-electron chi connectivity index (χ1n) is 6.84. The van der Waals surface area contributed by atoms with Crippen molar-refractivity contribution in [2.75, 3.05) is 13.2 Å². The Morgan fingerprint density at radius 3 is 2.53 bits per heavy atom. The second-order valence-corrected chi connectivity index (χ2v) is 5.05. The van der Waals surface area contributed by atoms with Crippen molar-refractivity contribution in [3.8, 4) is 0 Å². The predicted octanol–water partition coefficient (Wildman–Crippen LogP) is 2.30. The van der Waals surface area contributed by atoms with Gasteiger partial charge in [0.15, 0.2) is 0 Å². The lowest BCUT2D eigenvalue weighted by Gasteiger charge is -2.26. The van der Waals surface area contributed by atoms with E-state index in [1.807, 2.05) is 11.8 Å². The van der Waals surface area contributed by atoms with Crippen LogP contribution in [0.3, 0.4) is 0 Å². The number of carbonyl (C=O) groups is 1. The molecule has 1 aromatic carbocycles. The number of carbonyl (C=O) groups excluding carboxylic acids is 1. The third kappa shape index (κ3) is 3.32. The van der Waals surface area contributed by atoms with Crippen LogP contribution in [0, 0.1) is 5.82 Å². The minimum absolute atomic E-state index is 0.0431. The Morgan fingerprint density at radius 1 is 1.42 bits per heavy atom. The van der Waals surface area contributed by atoms with Gasteiger partial charge in [0.2, 0.25) is 5.91 Å². The molecule has 1 unspecified atom stereocenters. The smallest absolute Gasteiger partial charge is 0.232 e. The van der Waals surface area contributed by atoms with E-state index < -0.39 is 5.92 Å². The first-order chi connectivity index (χ1) is 9.17. The number of amides is 1. The van der Waals surface area contributed by atoms with Gasteiger partial charge in [-0.2, -0.15) is 0 Å². The summed E-state index contributed by atoms with van der Waals surface area (Å²) in [6.45, 7) is 2.52. The zero-order valence-electron chi connectivity index (χ0n) is 11.2. The molecule has 0 spiro atoms. The van der Waals surface area contributed by atoms with Gasteiger partial charge < -0.3 is 10.0 Å². The summed E-state index contributed by atoms with van der Waals surface area (Å²) in [5.74, 6) is -0.952. The molecule has 1 aromatic rings. The highest BCUT2D eigenvalue weighted by atomic mass is 19.1. The van der Waals surface area contributed by atoms with Crippen LogP contribution in [0.2, 0.25) is 0 Å². The van der Waals surface area contributed by atoms with Gasteiger partial charge in [-0.1, -0.05) is 19.1 Å². The Kier molecular flexibility index (Phi) is 4.53. The van der Waals surface area contributed by atoms with Crippen LogP contribution in [0.25, 0.3) is 0 Å². The van der Waals surface area contributed by atoms with Crippen molar-refractivity contribution >= 4 is 5.91 Å². The SMILES string of the molecule is CCCN(C(=O)C(CO)c1ccc(F)cc1)C1CC1. The summed E-state index contributed by atoms with van der Waals surface area (Å²) in [5, 5.41) is 9.50. The number of nitrogens with zero attached hydrogens (tertiary/aromatic N) is 1. The Balaban J connectivity index is 2.15. The second kappa shape index (κ2) is 6.15. The summed E-state index contributed by atoms with van der Waals surface area (Å²) >= 11 is 0. The molecule has 0 radical (unpaired) electrons. The standard InChI is InChI=1S/C15H20FNO2/c1-2-9-17(13-7-8-13)15(19)14(10-18)11-3-5-12(16)6-4-11/h3-6,13-14,18H,2,7-10H2,1H3. The lowest BCUT2D eigenvalue weighted by molar-refractivity contribution is -0.134. The molecule has 1 fully saturated rings. The predicted molar refractivity (Wildman–Crippen MR) is 71.3 cm³/mol. The highest BCUT2D eigenvalue weighted by molar-refractivity contribution is 5.84. The van der Waals surface area contributed by atoms with E-state index in [-0.39, 0.29) is 18.3 Å². The number of aliphatic hydroxyl groups excluding tert-OH is 1. The first-order valence-corrected chi connectivity index (χ1v) is 6.84. The van der Waals surface area contributed by atoms with Crippen LogP contribution >= 0.6 is 0 Å². The Labute approximate surface area is 113 Å². The molecule has 19 heavy (non-hydrogen) atoms. The van der Waals surface area contributed by atoms with Gasteiger partial charge in [0.1, 0.15) is 5.82 Å². The molecule has 4 heteroatoms. The fourth-order valence-corrected chi connectivity index (χ4v) is 2.32. The monoisotopic (exact) mass is 265 g/mol. The molecule has 0 aromatic heterocycles. The number of hydrogen-bond acceptors (Lipinski definition) is 2. The quantitative estimate of drug-likeness (QED) is 0.857. The molecule has 104 valence electrons. The lowest BCUT2D eigenvalue weighted by Crippen LogP contribution is -2.38. The highest BCUT2D eigenvalue weighted by Crippen LogP contribution is 2.30. The minimum atomic E-state index is -0.576. The second-order valence-electron chi connectivity index (χ2n) is 5.05. The molecule has 0 saturated heterocycles. The van der Waals surface area contributed by atoms with Gasteiger partial charge in [0.25, 0.3) is 0 Å². The van der Waals surface area contributed by atoms with Gasteiger partial charge in [-0.05, 0) is 37.0 Å². The molecule has 1 aliphatic rings. The van der Waals surface area contributed by atoms with Crippen molar-refractivity contribution in [2.24, 2.45) is 0 Å². The van der Waals surface area contributed by atoms with Crippen LogP contribution in [0.1, 0.15) is 37.7 Å². The first kappa shape index (κ1) is 14.0. The largest absolute Gasteiger partial charge is 0.395 e. The third-order valence-electron chi connectivity index (χ3n) is 3.49. The third-order valence-corrected chi connectivity index (χ3v) is 3.49. The van der Waals surface area contributed by atoms with Crippen LogP contribution in [0.5, 0.6) is 0 Å². The molecule has 0 aliphatic heterocycles. The van der Waals surface area contributed by atoms with Crippen LogP contribution in [-0.2, 0) is 4.79 Å². The van der Waals surface area contributed by atoms with Crippen LogP contribution in [0.15, 0.2) is 24.3 Å². The molecule has 3 nitrogen and oxygen atoms in total. The van der Waals surface area contributed by atoms with Gasteiger partial charge >= 0.3 is 0 Å². The van der Waals surface area contributed by atoms with Crippen molar-refractivity contribution < 1.29 is 14.3 Å². The van der Waals surface area contributed by atoms with Gasteiger partial charge in [-0.25, -0.2) is 4.39 Å². The molecule has 1 saturated carbocycles. The minimum Gasteiger partial charge on any atom is -0.395 e. The van der Waals surface area contributed by atoms with Crippen LogP contribution in [-0.4, -0.2) is 35.1 Å². The van der Waals surface area contributed by atoms with E-state index in [2.05, 4.69) is 0 Å². The van der Waals surface area contributed by atoms with E-state index in [1.54, 1.807) is 12.1 Å². The number of benzene rings is 1. The Bertz CT molecular complexity index is 428. The van der Waals surface area contributed by atoms with E-state index in [9.17, 15) is 14.3 Å². The maximum atomic E-state index is 12.9. The van der Waals surface area contributed by atoms with Crippen molar-refractivity contribution in [1.82, 2.24) is 4.90 Å². The van der Waals surface area contributed by atoms with Gasteiger partial charge in [-0.3, -0.25) is 4.79 Å². The highest BCUT2D eigenvalue weighted by Gasteiger charge is 2.35. The van der Waals surface area contributed by atoms with Crippen molar-refractivity contribution in [2.45, 2.75) is 38.1 Å². The Hall–Kier alpha value is -1.42. The summed E-state index contributed by atoms with van der Waals surface area (Å²) in [7, 11) is 0. The summed E-state index contributed by atoms with van der Waals surface area (Å²) in [6, 6.07) is 6.14. The summed E-state index contributed by atoms with van der Waals surface area (Å²) in [6.07, 6.45) is 3.00. The van der Waals surface area contributed by atoms with E-state index in [4.69, 9.17) is 0 Å². The fraction of sp³-hybridized carbons (Fsp3) is 0.533. The van der Waals surface area contributed by atoms with E-state index in [0.717, 1.165) is 25.8 Å². The molecule has 1 amide bonds. The van der Waals surface area contributed by atoms with Gasteiger partial charge in [0, 0.05) is 12.6 Å². The maximum absolute atomic E-state index is 12.9. The lowest BCUT2D eigenvalue weighted by atomic mass is 9.98. The van der Waals surface area contributed by atoms with Gasteiger partial charge in [0.05, 0.1) is 12.5 Å². The van der Waals surface area contributed by atoms with E-state index >= 15 is 0 Å². The van der Waals surface area contributed by atoms with Crippen molar-refractivity contribution in [1.29, 1.82) is 0 Å². The van der Waals surface area contributed by atoms with Crippen molar-refractivity contribution in [3.63, 3.8) is 0 Å². The molecule has 0 heterocycles. The normalized spacial score (nSPS) is 16.2. The molecule has 0 bridgehead atoms. The Morgan fingerprint density at radius 2 is 2.05 bits per heavy atom. The van der Waals surface area contributed by atoms with Crippen LogP contribution in [0.4, 0.5) is 4.39 Å². The average Bonchev–Trinajstić information content (AvgIpc) is 3.23. The zero-order valence-corrected chi connectivity index (χ0v) is 11.2. The maximum Gasteiger partial charge on any atom is 0.232 e. The summed E-state index contributed by atoms with van der Waals surface area (Å²) in [5.41, 5.74) is 0.677. The number of halogens is 1. The number of hydrogen-bond donors (Lipinski definition) is 1. The molecule has 1 atom stereocenters. The average molecular weight is 265 g/mol. The molecular formula is C15H20FNO2.